The van der Waals surface area contributed by atoms with E-state index in [0.717, 1.165) is 5.56 Å². The van der Waals surface area contributed by atoms with Gasteiger partial charge >= 0.3 is 0 Å². The highest BCUT2D eigenvalue weighted by atomic mass is 32.2. The van der Waals surface area contributed by atoms with Crippen LogP contribution in [0.15, 0.2) is 40.8 Å². The van der Waals surface area contributed by atoms with Gasteiger partial charge in [-0.25, -0.2) is 0 Å². The number of halogens is 2. The molecule has 0 saturated heterocycles. The maximum atomic E-state index is 12.1. The van der Waals surface area contributed by atoms with Crippen molar-refractivity contribution in [3.8, 4) is 0 Å². The maximum absolute atomic E-state index is 12.1. The van der Waals surface area contributed by atoms with Gasteiger partial charge in [0.05, 0.1) is 12.3 Å². The SMILES string of the molecule is CCNC(=O)c1cccc(CNCc2ccc(CSC(F)F)o2)c1. The zero-order valence-corrected chi connectivity index (χ0v) is 14.2. The Kier molecular flexibility index (Phi) is 7.27. The maximum Gasteiger partial charge on any atom is 0.284 e. The Labute approximate surface area is 144 Å². The quantitative estimate of drug-likeness (QED) is 0.720. The third-order valence-corrected chi connectivity index (χ3v) is 3.93. The van der Waals surface area contributed by atoms with Crippen molar-refractivity contribution < 1.29 is 18.0 Å². The molecule has 0 unspecified atom stereocenters. The van der Waals surface area contributed by atoms with Crippen molar-refractivity contribution in [2.45, 2.75) is 31.5 Å². The number of carbonyl (C=O) groups is 1. The first-order chi connectivity index (χ1) is 11.6. The van der Waals surface area contributed by atoms with Gasteiger partial charge in [0.1, 0.15) is 11.5 Å². The number of amides is 1. The average molecular weight is 354 g/mol. The van der Waals surface area contributed by atoms with Crippen LogP contribution in [0.25, 0.3) is 0 Å². The fourth-order valence-electron chi connectivity index (χ4n) is 2.16. The Morgan fingerprint density at radius 1 is 1.21 bits per heavy atom. The number of carbonyl (C=O) groups excluding carboxylic acids is 1. The highest BCUT2D eigenvalue weighted by molar-refractivity contribution is 7.98. The minimum atomic E-state index is -2.39. The zero-order valence-electron chi connectivity index (χ0n) is 13.4. The largest absolute Gasteiger partial charge is 0.464 e. The number of hydrogen-bond donors (Lipinski definition) is 2. The lowest BCUT2D eigenvalue weighted by Crippen LogP contribution is -2.23. The monoisotopic (exact) mass is 354 g/mol. The van der Waals surface area contributed by atoms with Gasteiger partial charge in [-0.1, -0.05) is 23.9 Å². The molecular formula is C17H20F2N2O2S. The van der Waals surface area contributed by atoms with E-state index < -0.39 is 5.76 Å². The van der Waals surface area contributed by atoms with Crippen molar-refractivity contribution in [3.63, 3.8) is 0 Å². The van der Waals surface area contributed by atoms with Gasteiger partial charge in [-0.05, 0) is 36.8 Å². The molecule has 0 bridgehead atoms. The lowest BCUT2D eigenvalue weighted by molar-refractivity contribution is 0.0955. The Hall–Kier alpha value is -1.86. The summed E-state index contributed by atoms with van der Waals surface area (Å²) in [5.41, 5.74) is 1.61. The number of hydrogen-bond acceptors (Lipinski definition) is 4. The minimum absolute atomic E-state index is 0.0912. The van der Waals surface area contributed by atoms with Crippen LogP contribution in [0.3, 0.4) is 0 Å². The predicted octanol–water partition coefficient (Wildman–Crippen LogP) is 3.77. The summed E-state index contributed by atoms with van der Waals surface area (Å²) in [4.78, 5) is 11.8. The van der Waals surface area contributed by atoms with E-state index in [2.05, 4.69) is 10.6 Å². The number of furan rings is 1. The standard InChI is InChI=1S/C17H20F2N2O2S/c1-2-21-16(22)13-5-3-4-12(8-13)9-20-10-14-6-7-15(23-14)11-24-17(18)19/h3-8,17,20H,2,9-11H2,1H3,(H,21,22). The van der Waals surface area contributed by atoms with Crippen LogP contribution >= 0.6 is 11.8 Å². The molecule has 1 aromatic carbocycles. The third-order valence-electron chi connectivity index (χ3n) is 3.22. The van der Waals surface area contributed by atoms with Crippen molar-refractivity contribution >= 4 is 17.7 Å². The van der Waals surface area contributed by atoms with Gasteiger partial charge < -0.3 is 15.1 Å². The van der Waals surface area contributed by atoms with Gasteiger partial charge in [0.15, 0.2) is 0 Å². The molecule has 0 aliphatic heterocycles. The second-order valence-corrected chi connectivity index (χ2v) is 6.08. The second kappa shape index (κ2) is 9.44. The van der Waals surface area contributed by atoms with Crippen LogP contribution in [0.2, 0.25) is 0 Å². The molecule has 2 aromatic rings. The first kappa shape index (κ1) is 18.5. The summed E-state index contributed by atoms with van der Waals surface area (Å²) in [6.07, 6.45) is 0. The molecule has 24 heavy (non-hydrogen) atoms. The first-order valence-corrected chi connectivity index (χ1v) is 8.68. The molecule has 4 nitrogen and oxygen atoms in total. The molecule has 0 saturated carbocycles. The van der Waals surface area contributed by atoms with Crippen molar-refractivity contribution in [3.05, 3.63) is 59.0 Å². The van der Waals surface area contributed by atoms with Crippen molar-refractivity contribution in [1.29, 1.82) is 0 Å². The third kappa shape index (κ3) is 5.98. The van der Waals surface area contributed by atoms with E-state index in [0.29, 0.717) is 48.5 Å². The summed E-state index contributed by atoms with van der Waals surface area (Å²) in [5, 5.41) is 5.98. The molecule has 1 aromatic heterocycles. The molecule has 1 heterocycles. The fourth-order valence-corrected chi connectivity index (χ4v) is 2.60. The smallest absolute Gasteiger partial charge is 0.284 e. The van der Waals surface area contributed by atoms with Gasteiger partial charge in [-0.2, -0.15) is 8.78 Å². The first-order valence-electron chi connectivity index (χ1n) is 7.63. The van der Waals surface area contributed by atoms with Crippen LogP contribution < -0.4 is 10.6 Å². The molecule has 2 rings (SSSR count). The van der Waals surface area contributed by atoms with Crippen molar-refractivity contribution in [1.82, 2.24) is 10.6 Å². The second-order valence-electron chi connectivity index (χ2n) is 5.10. The Bertz CT molecular complexity index is 662. The Morgan fingerprint density at radius 3 is 2.75 bits per heavy atom. The van der Waals surface area contributed by atoms with E-state index >= 15 is 0 Å². The minimum Gasteiger partial charge on any atom is -0.464 e. The lowest BCUT2D eigenvalue weighted by Gasteiger charge is -2.06. The lowest BCUT2D eigenvalue weighted by atomic mass is 10.1. The summed E-state index contributed by atoms with van der Waals surface area (Å²) in [6, 6.07) is 10.9. The van der Waals surface area contributed by atoms with Crippen LogP contribution in [0.5, 0.6) is 0 Å². The average Bonchev–Trinajstić information content (AvgIpc) is 3.01. The summed E-state index contributed by atoms with van der Waals surface area (Å²) in [7, 11) is 0. The molecule has 0 aliphatic carbocycles. The van der Waals surface area contributed by atoms with Crippen LogP contribution in [-0.4, -0.2) is 18.2 Å². The number of alkyl halides is 2. The molecule has 0 atom stereocenters. The van der Waals surface area contributed by atoms with E-state index in [1.807, 2.05) is 25.1 Å². The van der Waals surface area contributed by atoms with Crippen LogP contribution in [0, 0.1) is 0 Å². The number of thioether (sulfide) groups is 1. The van der Waals surface area contributed by atoms with Gasteiger partial charge in [0, 0.05) is 18.7 Å². The van der Waals surface area contributed by atoms with Crippen LogP contribution in [0.4, 0.5) is 8.78 Å². The topological polar surface area (TPSA) is 54.3 Å². The molecule has 7 heteroatoms. The van der Waals surface area contributed by atoms with E-state index in [9.17, 15) is 13.6 Å². The van der Waals surface area contributed by atoms with E-state index in [-0.39, 0.29) is 11.7 Å². The highest BCUT2D eigenvalue weighted by Gasteiger charge is 2.08. The van der Waals surface area contributed by atoms with E-state index in [1.54, 1.807) is 18.2 Å². The van der Waals surface area contributed by atoms with Gasteiger partial charge in [0.2, 0.25) is 0 Å². The normalized spacial score (nSPS) is 11.0. The van der Waals surface area contributed by atoms with E-state index in [1.165, 1.54) is 0 Å². The highest BCUT2D eigenvalue weighted by Crippen LogP contribution is 2.21. The molecule has 0 radical (unpaired) electrons. The number of benzene rings is 1. The zero-order chi connectivity index (χ0) is 17.4. The number of nitrogens with one attached hydrogen (secondary N) is 2. The summed E-state index contributed by atoms with van der Waals surface area (Å²) < 4.78 is 29.8. The van der Waals surface area contributed by atoms with Crippen LogP contribution in [0.1, 0.15) is 34.4 Å². The molecule has 130 valence electrons. The molecule has 0 fully saturated rings. The summed E-state index contributed by atoms with van der Waals surface area (Å²) in [5.74, 6) is -1.10. The van der Waals surface area contributed by atoms with E-state index in [4.69, 9.17) is 4.42 Å². The summed E-state index contributed by atoms with van der Waals surface area (Å²) >= 11 is 0.541. The Morgan fingerprint density at radius 2 is 2.00 bits per heavy atom. The fraction of sp³-hybridized carbons (Fsp3) is 0.353. The number of rotatable bonds is 9. The predicted molar refractivity (Wildman–Crippen MR) is 91.0 cm³/mol. The van der Waals surface area contributed by atoms with Gasteiger partial charge in [-0.3, -0.25) is 4.79 Å². The van der Waals surface area contributed by atoms with Crippen LogP contribution in [-0.2, 0) is 18.8 Å². The molecule has 1 amide bonds. The summed E-state index contributed by atoms with van der Waals surface area (Å²) in [6.45, 7) is 3.53. The molecular weight excluding hydrogens is 334 g/mol. The molecule has 0 aliphatic rings. The Balaban J connectivity index is 1.82. The van der Waals surface area contributed by atoms with Gasteiger partial charge in [0.25, 0.3) is 11.7 Å². The molecule has 0 spiro atoms. The van der Waals surface area contributed by atoms with Crippen molar-refractivity contribution in [2.24, 2.45) is 0 Å². The van der Waals surface area contributed by atoms with Crippen molar-refractivity contribution in [2.75, 3.05) is 6.54 Å². The van der Waals surface area contributed by atoms with Gasteiger partial charge in [-0.15, -0.1) is 0 Å². The molecule has 2 N–H and O–H groups in total.